The van der Waals surface area contributed by atoms with Gasteiger partial charge in [-0.05, 0) is 36.6 Å². The molecule has 1 heterocycles. The predicted molar refractivity (Wildman–Crippen MR) is 82.7 cm³/mol. The molecule has 0 aliphatic heterocycles. The molecule has 0 saturated heterocycles. The molecule has 0 aliphatic carbocycles. The van der Waals surface area contributed by atoms with E-state index in [0.717, 1.165) is 34.0 Å². The van der Waals surface area contributed by atoms with Crippen molar-refractivity contribution in [3.05, 3.63) is 45.7 Å². The van der Waals surface area contributed by atoms with Crippen molar-refractivity contribution in [2.45, 2.75) is 32.0 Å². The van der Waals surface area contributed by atoms with E-state index in [1.54, 1.807) is 0 Å². The third kappa shape index (κ3) is 2.69. The zero-order valence-electron chi connectivity index (χ0n) is 10.6. The highest BCUT2D eigenvalue weighted by molar-refractivity contribution is 9.10. The van der Waals surface area contributed by atoms with E-state index < -0.39 is 0 Å². The van der Waals surface area contributed by atoms with E-state index in [0.29, 0.717) is 0 Å². The molecule has 96 valence electrons. The van der Waals surface area contributed by atoms with E-state index in [1.807, 2.05) is 4.68 Å². The van der Waals surface area contributed by atoms with E-state index >= 15 is 0 Å². The minimum absolute atomic E-state index is 0.855. The van der Waals surface area contributed by atoms with Crippen LogP contribution in [-0.4, -0.2) is 9.78 Å². The summed E-state index contributed by atoms with van der Waals surface area (Å²) in [4.78, 5) is 0. The molecule has 0 saturated carbocycles. The Kier molecular flexibility index (Phi) is 4.62. The van der Waals surface area contributed by atoms with Crippen LogP contribution in [0.4, 0.5) is 0 Å². The van der Waals surface area contributed by atoms with Gasteiger partial charge in [-0.25, -0.2) is 4.68 Å². The molecule has 1 aromatic carbocycles. The number of benzene rings is 1. The van der Waals surface area contributed by atoms with Gasteiger partial charge in [0.05, 0.1) is 11.4 Å². The van der Waals surface area contributed by atoms with Gasteiger partial charge >= 0.3 is 0 Å². The third-order valence-electron chi connectivity index (χ3n) is 2.98. The number of rotatable bonds is 4. The summed E-state index contributed by atoms with van der Waals surface area (Å²) in [7, 11) is 0. The molecule has 2 nitrogen and oxygen atoms in total. The van der Waals surface area contributed by atoms with Crippen LogP contribution in [0, 0.1) is 0 Å². The van der Waals surface area contributed by atoms with Gasteiger partial charge < -0.3 is 0 Å². The molecule has 0 radical (unpaired) electrons. The van der Waals surface area contributed by atoms with Crippen LogP contribution < -0.4 is 0 Å². The highest BCUT2D eigenvalue weighted by Gasteiger charge is 2.08. The van der Waals surface area contributed by atoms with Crippen molar-refractivity contribution in [1.29, 1.82) is 0 Å². The van der Waals surface area contributed by atoms with Gasteiger partial charge in [-0.2, -0.15) is 5.10 Å². The number of halogens is 2. The second-order valence-corrected chi connectivity index (χ2v) is 5.57. The zero-order chi connectivity index (χ0) is 13.1. The van der Waals surface area contributed by atoms with Gasteiger partial charge in [-0.1, -0.05) is 51.8 Å². The molecule has 2 rings (SSSR count). The maximum atomic E-state index is 4.65. The fourth-order valence-electron chi connectivity index (χ4n) is 1.90. The minimum Gasteiger partial charge on any atom is -0.238 e. The summed E-state index contributed by atoms with van der Waals surface area (Å²) in [6, 6.07) is 8.56. The molecule has 0 amide bonds. The Morgan fingerprint density at radius 2 is 1.94 bits per heavy atom. The first-order valence-corrected chi connectivity index (χ1v) is 8.03. The Morgan fingerprint density at radius 3 is 2.50 bits per heavy atom. The first kappa shape index (κ1) is 13.8. The Balaban J connectivity index is 2.47. The summed E-state index contributed by atoms with van der Waals surface area (Å²) in [6.07, 6.45) is 1.96. The smallest absolute Gasteiger partial charge is 0.0660 e. The molecule has 1 aromatic heterocycles. The quantitative estimate of drug-likeness (QED) is 0.715. The van der Waals surface area contributed by atoms with Crippen molar-refractivity contribution in [3.63, 3.8) is 0 Å². The average molecular weight is 372 g/mol. The van der Waals surface area contributed by atoms with Crippen molar-refractivity contribution >= 4 is 31.9 Å². The second kappa shape index (κ2) is 6.02. The Bertz CT molecular complexity index is 547. The van der Waals surface area contributed by atoms with Gasteiger partial charge in [-0.15, -0.1) is 0 Å². The lowest BCUT2D eigenvalue weighted by Gasteiger charge is -2.08. The van der Waals surface area contributed by atoms with Gasteiger partial charge in [0.1, 0.15) is 0 Å². The molecule has 2 aromatic rings. The lowest BCUT2D eigenvalue weighted by molar-refractivity contribution is 0.793. The first-order chi connectivity index (χ1) is 8.69. The highest BCUT2D eigenvalue weighted by atomic mass is 79.9. The molecule has 18 heavy (non-hydrogen) atoms. The largest absolute Gasteiger partial charge is 0.238 e. The van der Waals surface area contributed by atoms with Gasteiger partial charge in [0.2, 0.25) is 0 Å². The number of hydrogen-bond acceptors (Lipinski definition) is 1. The summed E-state index contributed by atoms with van der Waals surface area (Å²) in [5, 5.41) is 5.51. The van der Waals surface area contributed by atoms with E-state index in [9.17, 15) is 0 Å². The predicted octanol–water partition coefficient (Wildman–Crippen LogP) is 4.65. The molecule has 0 bridgehead atoms. The SMILES string of the molecule is CCc1cc(CC)n(-c2ccc(CBr)c(Br)c2)n1. The topological polar surface area (TPSA) is 17.8 Å². The van der Waals surface area contributed by atoms with Crippen LogP contribution in [0.15, 0.2) is 28.7 Å². The zero-order valence-corrected chi connectivity index (χ0v) is 13.8. The number of alkyl halides is 1. The summed E-state index contributed by atoms with van der Waals surface area (Å²) in [5.41, 5.74) is 4.76. The molecule has 0 fully saturated rings. The van der Waals surface area contributed by atoms with Crippen LogP contribution in [0.2, 0.25) is 0 Å². The van der Waals surface area contributed by atoms with Crippen molar-refractivity contribution in [1.82, 2.24) is 9.78 Å². The van der Waals surface area contributed by atoms with E-state index in [4.69, 9.17) is 0 Å². The number of aryl methyl sites for hydroxylation is 2. The highest BCUT2D eigenvalue weighted by Crippen LogP contribution is 2.24. The maximum absolute atomic E-state index is 4.65. The molecule has 0 N–H and O–H groups in total. The average Bonchev–Trinajstić information content (AvgIpc) is 2.82. The van der Waals surface area contributed by atoms with Gasteiger partial charge in [0.25, 0.3) is 0 Å². The molecular weight excluding hydrogens is 356 g/mol. The van der Waals surface area contributed by atoms with Crippen LogP contribution in [-0.2, 0) is 18.2 Å². The third-order valence-corrected chi connectivity index (χ3v) is 4.33. The van der Waals surface area contributed by atoms with Crippen molar-refractivity contribution < 1.29 is 0 Å². The minimum atomic E-state index is 0.855. The van der Waals surface area contributed by atoms with Crippen LogP contribution in [0.25, 0.3) is 5.69 Å². The molecule has 0 unspecified atom stereocenters. The van der Waals surface area contributed by atoms with Crippen LogP contribution >= 0.6 is 31.9 Å². The van der Waals surface area contributed by atoms with Crippen LogP contribution in [0.3, 0.4) is 0 Å². The summed E-state index contributed by atoms with van der Waals surface area (Å²) in [6.45, 7) is 4.30. The fourth-order valence-corrected chi connectivity index (χ4v) is 3.27. The van der Waals surface area contributed by atoms with Gasteiger partial charge in [0, 0.05) is 15.5 Å². The summed E-state index contributed by atoms with van der Waals surface area (Å²) in [5.74, 6) is 0. The second-order valence-electron chi connectivity index (χ2n) is 4.16. The van der Waals surface area contributed by atoms with E-state index in [-0.39, 0.29) is 0 Å². The standard InChI is InChI=1S/C14H16Br2N2/c1-3-11-7-12(4-2)18(17-11)13-6-5-10(9-15)14(16)8-13/h5-8H,3-4,9H2,1-2H3. The first-order valence-electron chi connectivity index (χ1n) is 6.12. The Labute approximate surface area is 125 Å². The van der Waals surface area contributed by atoms with Crippen molar-refractivity contribution in [2.24, 2.45) is 0 Å². The molecule has 4 heteroatoms. The lowest BCUT2D eigenvalue weighted by Crippen LogP contribution is -2.02. The normalized spacial score (nSPS) is 10.9. The molecule has 0 atom stereocenters. The van der Waals surface area contributed by atoms with E-state index in [2.05, 4.69) is 75.1 Å². The van der Waals surface area contributed by atoms with E-state index in [1.165, 1.54) is 11.3 Å². The number of hydrogen-bond donors (Lipinski definition) is 0. The Hall–Kier alpha value is -0.610. The van der Waals surface area contributed by atoms with Crippen molar-refractivity contribution in [2.75, 3.05) is 0 Å². The maximum Gasteiger partial charge on any atom is 0.0660 e. The fraction of sp³-hybridized carbons (Fsp3) is 0.357. The van der Waals surface area contributed by atoms with Crippen molar-refractivity contribution in [3.8, 4) is 5.69 Å². The Morgan fingerprint density at radius 1 is 1.17 bits per heavy atom. The monoisotopic (exact) mass is 370 g/mol. The molecule has 0 aliphatic rings. The number of nitrogens with zero attached hydrogens (tertiary/aromatic N) is 2. The van der Waals surface area contributed by atoms with Crippen LogP contribution in [0.1, 0.15) is 30.8 Å². The molecular formula is C14H16Br2N2. The van der Waals surface area contributed by atoms with Crippen LogP contribution in [0.5, 0.6) is 0 Å². The van der Waals surface area contributed by atoms with Gasteiger partial charge in [-0.3, -0.25) is 0 Å². The summed E-state index contributed by atoms with van der Waals surface area (Å²) >= 11 is 7.08. The van der Waals surface area contributed by atoms with Gasteiger partial charge in [0.15, 0.2) is 0 Å². The lowest BCUT2D eigenvalue weighted by atomic mass is 10.2. The molecule has 0 spiro atoms. The summed E-state index contributed by atoms with van der Waals surface area (Å²) < 4.78 is 3.16. The number of aromatic nitrogens is 2.